The monoisotopic (exact) mass is 205 g/mol. The Morgan fingerprint density at radius 2 is 1.60 bits per heavy atom. The number of hydrogen-bond acceptors (Lipinski definition) is 1. The largest absolute Gasteiger partial charge is 0.372 e. The fourth-order valence-electron chi connectivity index (χ4n) is 1.63. The van der Waals surface area contributed by atoms with Gasteiger partial charge in [-0.1, -0.05) is 32.9 Å². The van der Waals surface area contributed by atoms with Crippen LogP contribution >= 0.6 is 0 Å². The summed E-state index contributed by atoms with van der Waals surface area (Å²) in [5, 5.41) is 3.42. The van der Waals surface area contributed by atoms with Crippen LogP contribution in [-0.4, -0.2) is 5.54 Å². The summed E-state index contributed by atoms with van der Waals surface area (Å²) in [7, 11) is 0. The van der Waals surface area contributed by atoms with Crippen molar-refractivity contribution < 1.29 is 4.39 Å². The number of anilines is 1. The van der Waals surface area contributed by atoms with E-state index in [0.29, 0.717) is 0 Å². The van der Waals surface area contributed by atoms with Crippen LogP contribution in [0.1, 0.15) is 20.8 Å². The van der Waals surface area contributed by atoms with Crippen molar-refractivity contribution in [3.63, 3.8) is 0 Å². The molecule has 1 nitrogen and oxygen atoms in total. The molecule has 0 saturated carbocycles. The van der Waals surface area contributed by atoms with E-state index in [9.17, 15) is 4.39 Å². The lowest BCUT2D eigenvalue weighted by Crippen LogP contribution is -2.37. The van der Waals surface area contributed by atoms with Crippen LogP contribution in [0.4, 0.5) is 10.1 Å². The molecule has 15 heavy (non-hydrogen) atoms. The van der Waals surface area contributed by atoms with Crippen LogP contribution in [0.25, 0.3) is 0 Å². The zero-order valence-corrected chi connectivity index (χ0v) is 9.34. The average molecular weight is 205 g/mol. The van der Waals surface area contributed by atoms with Crippen molar-refractivity contribution in [1.82, 2.24) is 0 Å². The predicted octanol–water partition coefficient (Wildman–Crippen LogP) is 3.59. The molecule has 0 bridgehead atoms. The third kappa shape index (κ3) is 1.89. The second-order valence-electron chi connectivity index (χ2n) is 5.08. The summed E-state index contributed by atoms with van der Waals surface area (Å²) < 4.78 is 12.7. The van der Waals surface area contributed by atoms with Gasteiger partial charge in [0, 0.05) is 5.69 Å². The van der Waals surface area contributed by atoms with Gasteiger partial charge in [-0.05, 0) is 29.7 Å². The predicted molar refractivity (Wildman–Crippen MR) is 61.3 cm³/mol. The lowest BCUT2D eigenvalue weighted by molar-refractivity contribution is 0.349. The molecule has 1 aromatic carbocycles. The minimum absolute atomic E-state index is 0.0369. The first-order valence-corrected chi connectivity index (χ1v) is 5.17. The zero-order chi connectivity index (χ0) is 11.1. The molecule has 0 spiro atoms. The average Bonchev–Trinajstić information content (AvgIpc) is 2.89. The molecule has 0 aliphatic heterocycles. The molecule has 0 saturated heterocycles. The Labute approximate surface area is 90.0 Å². The van der Waals surface area contributed by atoms with Crippen LogP contribution in [0.5, 0.6) is 0 Å². The molecule has 1 aromatic rings. The van der Waals surface area contributed by atoms with Crippen molar-refractivity contribution >= 4 is 5.69 Å². The second kappa shape index (κ2) is 3.09. The molecule has 0 atom stereocenters. The van der Waals surface area contributed by atoms with E-state index < -0.39 is 0 Å². The summed E-state index contributed by atoms with van der Waals surface area (Å²) in [6, 6.07) is 6.48. The van der Waals surface area contributed by atoms with Gasteiger partial charge in [0.05, 0.1) is 5.54 Å². The van der Waals surface area contributed by atoms with Crippen molar-refractivity contribution in [2.75, 3.05) is 5.32 Å². The Balaban J connectivity index is 2.13. The molecule has 2 rings (SSSR count). The van der Waals surface area contributed by atoms with E-state index in [0.717, 1.165) is 5.69 Å². The number of benzene rings is 1. The highest BCUT2D eigenvalue weighted by Gasteiger charge is 2.45. The van der Waals surface area contributed by atoms with Gasteiger partial charge in [0.25, 0.3) is 0 Å². The Morgan fingerprint density at radius 3 is 2.00 bits per heavy atom. The summed E-state index contributed by atoms with van der Waals surface area (Å²) in [6.45, 7) is 6.55. The van der Waals surface area contributed by atoms with Gasteiger partial charge in [0.1, 0.15) is 5.82 Å². The van der Waals surface area contributed by atoms with Crippen LogP contribution in [0, 0.1) is 11.2 Å². The summed E-state index contributed by atoms with van der Waals surface area (Å²) in [5.74, 6) is -0.200. The smallest absolute Gasteiger partial charge is 0.123 e. The van der Waals surface area contributed by atoms with Crippen molar-refractivity contribution in [3.05, 3.63) is 42.2 Å². The molecule has 2 heteroatoms. The molecule has 0 heterocycles. The van der Waals surface area contributed by atoms with E-state index in [4.69, 9.17) is 0 Å². The molecule has 1 aliphatic rings. The Hall–Kier alpha value is -1.31. The summed E-state index contributed by atoms with van der Waals surface area (Å²) in [5.41, 5.74) is 1.06. The van der Waals surface area contributed by atoms with Gasteiger partial charge in [-0.25, -0.2) is 4.39 Å². The van der Waals surface area contributed by atoms with Gasteiger partial charge in [-0.2, -0.15) is 0 Å². The maximum Gasteiger partial charge on any atom is 0.123 e. The van der Waals surface area contributed by atoms with Crippen LogP contribution in [0.15, 0.2) is 36.4 Å². The van der Waals surface area contributed by atoms with Gasteiger partial charge in [-0.15, -0.1) is 0 Å². The standard InChI is InChI=1S/C13H16FN/c1-12(2,3)13(8-9-13)15-11-6-4-10(14)5-7-11/h4-9,15H,1-3H3. The maximum atomic E-state index is 12.7. The third-order valence-electron chi connectivity index (χ3n) is 2.94. The Morgan fingerprint density at radius 1 is 1.07 bits per heavy atom. The highest BCUT2D eigenvalue weighted by Crippen LogP contribution is 2.44. The first-order chi connectivity index (χ1) is 6.93. The SMILES string of the molecule is CC(C)(C)C1(Nc2ccc(F)cc2)C=C1. The summed E-state index contributed by atoms with van der Waals surface area (Å²) >= 11 is 0. The van der Waals surface area contributed by atoms with E-state index in [1.807, 2.05) is 0 Å². The summed E-state index contributed by atoms with van der Waals surface area (Å²) in [4.78, 5) is 0. The summed E-state index contributed by atoms with van der Waals surface area (Å²) in [6.07, 6.45) is 4.30. The molecule has 0 fully saturated rings. The first-order valence-electron chi connectivity index (χ1n) is 5.17. The van der Waals surface area contributed by atoms with Crippen LogP contribution < -0.4 is 5.32 Å². The van der Waals surface area contributed by atoms with E-state index in [1.54, 1.807) is 12.1 Å². The van der Waals surface area contributed by atoms with Crippen LogP contribution in [0.3, 0.4) is 0 Å². The van der Waals surface area contributed by atoms with E-state index in [1.165, 1.54) is 12.1 Å². The second-order valence-corrected chi connectivity index (χ2v) is 5.08. The van der Waals surface area contributed by atoms with Crippen LogP contribution in [-0.2, 0) is 0 Å². The Kier molecular flexibility index (Phi) is 2.10. The molecule has 0 aromatic heterocycles. The molecule has 80 valence electrons. The number of nitrogens with one attached hydrogen (secondary N) is 1. The van der Waals surface area contributed by atoms with Crippen molar-refractivity contribution in [2.24, 2.45) is 5.41 Å². The molecular weight excluding hydrogens is 189 g/mol. The fourth-order valence-corrected chi connectivity index (χ4v) is 1.63. The van der Waals surface area contributed by atoms with Gasteiger partial charge in [0.15, 0.2) is 0 Å². The fraction of sp³-hybridized carbons (Fsp3) is 0.385. The molecule has 0 amide bonds. The highest BCUT2D eigenvalue weighted by molar-refractivity contribution is 5.56. The number of rotatable bonds is 2. The number of halogens is 1. The Bertz CT molecular complexity index is 378. The molecule has 1 N–H and O–H groups in total. The lowest BCUT2D eigenvalue weighted by Gasteiger charge is -2.33. The van der Waals surface area contributed by atoms with Gasteiger partial charge >= 0.3 is 0 Å². The normalized spacial score (nSPS) is 17.6. The first kappa shape index (κ1) is 10.2. The lowest BCUT2D eigenvalue weighted by atomic mass is 9.82. The van der Waals surface area contributed by atoms with Gasteiger partial charge in [0.2, 0.25) is 0 Å². The van der Waals surface area contributed by atoms with Crippen LogP contribution in [0.2, 0.25) is 0 Å². The third-order valence-corrected chi connectivity index (χ3v) is 2.94. The van der Waals surface area contributed by atoms with Crippen molar-refractivity contribution in [3.8, 4) is 0 Å². The minimum Gasteiger partial charge on any atom is -0.372 e. The highest BCUT2D eigenvalue weighted by atomic mass is 19.1. The molecule has 1 aliphatic carbocycles. The van der Waals surface area contributed by atoms with E-state index >= 15 is 0 Å². The van der Waals surface area contributed by atoms with Gasteiger partial charge < -0.3 is 5.32 Å². The van der Waals surface area contributed by atoms with E-state index in [-0.39, 0.29) is 16.8 Å². The van der Waals surface area contributed by atoms with Crippen molar-refractivity contribution in [1.29, 1.82) is 0 Å². The van der Waals surface area contributed by atoms with Crippen molar-refractivity contribution in [2.45, 2.75) is 26.3 Å². The van der Waals surface area contributed by atoms with Gasteiger partial charge in [-0.3, -0.25) is 0 Å². The quantitative estimate of drug-likeness (QED) is 0.727. The molecule has 0 radical (unpaired) electrons. The molecule has 0 unspecified atom stereocenters. The van der Waals surface area contributed by atoms with E-state index in [2.05, 4.69) is 38.2 Å². The topological polar surface area (TPSA) is 12.0 Å². The molecular formula is C13H16FN. The minimum atomic E-state index is -0.200. The maximum absolute atomic E-state index is 12.7. The zero-order valence-electron chi connectivity index (χ0n) is 9.34. The number of hydrogen-bond donors (Lipinski definition) is 1.